The summed E-state index contributed by atoms with van der Waals surface area (Å²) in [4.78, 5) is 4.94. The van der Waals surface area contributed by atoms with Gasteiger partial charge in [-0.1, -0.05) is 407 Å². The lowest BCUT2D eigenvalue weighted by Crippen LogP contribution is -2.30. The lowest BCUT2D eigenvalue weighted by Gasteiger charge is -2.37. The summed E-state index contributed by atoms with van der Waals surface area (Å²) < 4.78 is 7.40. The number of hydrogen-bond acceptors (Lipinski definition) is 3. The third-order valence-electron chi connectivity index (χ3n) is 28.2. The van der Waals surface area contributed by atoms with Crippen LogP contribution in [0.3, 0.4) is 0 Å². The van der Waals surface area contributed by atoms with E-state index in [4.69, 9.17) is 0 Å². The Hall–Kier alpha value is -16.2. The Bertz CT molecular complexity index is 7940. The van der Waals surface area contributed by atoms with E-state index in [1.165, 1.54) is 184 Å². The van der Waals surface area contributed by atoms with E-state index in [9.17, 15) is 0 Å². The third kappa shape index (κ3) is 13.3. The highest BCUT2D eigenvalue weighted by atomic mass is 32.1. The Morgan fingerprint density at radius 3 is 0.985 bits per heavy atom. The average molecular weight is 1710 g/mol. The van der Waals surface area contributed by atoms with Crippen LogP contribution in [0.5, 0.6) is 0 Å². The highest BCUT2D eigenvalue weighted by molar-refractivity contribution is 7.26. The Morgan fingerprint density at radius 2 is 0.538 bits per heavy atom. The first-order valence-electron chi connectivity index (χ1n) is 46.1. The summed E-state index contributed by atoms with van der Waals surface area (Å²) in [7, 11) is 0. The van der Waals surface area contributed by atoms with Gasteiger partial charge in [0.2, 0.25) is 0 Å². The highest BCUT2D eigenvalue weighted by Crippen LogP contribution is 2.59. The predicted octanol–water partition coefficient (Wildman–Crippen LogP) is 33.8. The van der Waals surface area contributed by atoms with E-state index >= 15 is 0 Å². The number of thiophene rings is 1. The Balaban J connectivity index is 0.000000146. The lowest BCUT2D eigenvalue weighted by atomic mass is 9.65. The first-order chi connectivity index (χ1) is 65.5. The first kappa shape index (κ1) is 79.2. The second-order valence-corrected chi connectivity index (χ2v) is 36.3. The fraction of sp³-hybridized carbons (Fsp3) is 0.0551. The van der Waals surface area contributed by atoms with Crippen molar-refractivity contribution < 1.29 is 0 Å². The van der Waals surface area contributed by atoms with Crippen LogP contribution in [0, 0.1) is 0 Å². The smallest absolute Gasteiger partial charge is 0.0701 e. The normalized spacial score (nSPS) is 12.8. The summed E-state index contributed by atoms with van der Waals surface area (Å²) in [6.45, 7) is 0. The topological polar surface area (TPSA) is 16.3 Å². The number of benzene rings is 20. The molecule has 0 bridgehead atoms. The summed E-state index contributed by atoms with van der Waals surface area (Å²) in [6, 6.07) is 188. The van der Waals surface area contributed by atoms with Crippen molar-refractivity contribution >= 4 is 109 Å². The van der Waals surface area contributed by atoms with Crippen LogP contribution in [0.25, 0.3) is 109 Å². The van der Waals surface area contributed by atoms with Crippen molar-refractivity contribution in [3.05, 3.63) is 565 Å². The molecule has 0 unspecified atom stereocenters. The monoisotopic (exact) mass is 1700 g/mol. The molecule has 4 nitrogen and oxygen atoms in total. The van der Waals surface area contributed by atoms with Crippen LogP contribution in [0.15, 0.2) is 510 Å². The molecule has 3 heterocycles. The van der Waals surface area contributed by atoms with Gasteiger partial charge in [0.05, 0.1) is 38.6 Å². The van der Waals surface area contributed by atoms with Crippen LogP contribution in [0.4, 0.5) is 34.1 Å². The number of aromatic nitrogens is 2. The molecule has 132 heavy (non-hydrogen) atoms. The van der Waals surface area contributed by atoms with E-state index in [1.54, 1.807) is 0 Å². The molecule has 0 radical (unpaired) electrons. The fourth-order valence-electron chi connectivity index (χ4n) is 22.4. The second kappa shape index (κ2) is 33.5. The van der Waals surface area contributed by atoms with E-state index < -0.39 is 10.8 Å². The zero-order valence-electron chi connectivity index (χ0n) is 73.0. The minimum atomic E-state index is -0.493. The molecule has 0 aliphatic heterocycles. The van der Waals surface area contributed by atoms with Crippen molar-refractivity contribution in [2.24, 2.45) is 0 Å². The van der Waals surface area contributed by atoms with Crippen molar-refractivity contribution in [3.63, 3.8) is 0 Å². The van der Waals surface area contributed by atoms with Gasteiger partial charge < -0.3 is 18.9 Å². The van der Waals surface area contributed by atoms with Crippen molar-refractivity contribution in [1.29, 1.82) is 0 Å². The van der Waals surface area contributed by atoms with Crippen molar-refractivity contribution in [2.75, 3.05) is 9.80 Å². The largest absolute Gasteiger partial charge is 0.310 e. The van der Waals surface area contributed by atoms with Gasteiger partial charge in [-0.25, -0.2) is 0 Å². The molecule has 2 aliphatic carbocycles. The molecule has 5 heteroatoms. The summed E-state index contributed by atoms with van der Waals surface area (Å²) in [5.41, 5.74) is 33.3. The minimum absolute atomic E-state index is 0.0619. The van der Waals surface area contributed by atoms with E-state index in [0.717, 1.165) is 39.8 Å². The molecule has 20 aromatic carbocycles. The Kier molecular flexibility index (Phi) is 20.1. The molecule has 23 aromatic rings. The molecule has 3 aromatic heterocycles. The zero-order valence-corrected chi connectivity index (χ0v) is 73.8. The number of nitrogens with zero attached hydrogens (tertiary/aromatic N) is 4. The van der Waals surface area contributed by atoms with E-state index in [2.05, 4.69) is 529 Å². The molecule has 0 atom stereocenters. The van der Waals surface area contributed by atoms with Gasteiger partial charge in [0.1, 0.15) is 0 Å². The van der Waals surface area contributed by atoms with Gasteiger partial charge in [-0.2, -0.15) is 0 Å². The number of hydrogen-bond donors (Lipinski definition) is 0. The standard InChI is InChI=1S/C66H50N2.C61H42N2S/c1-5-19-49(20-6-1)66(50-21-7-2-8-22-50,51-23-9-3-10-24-51)52-35-31-47(32-36-52)48-33-37-54(38-34-48)67(55-39-41-58-57-27-13-15-29-61(57)65(62(58)45-55)43-17-18-44-65)56-40-42-60-59-28-14-16-30-63(59)68(64(60)46-56)53-25-11-4-12-26-53;1-5-18-45(19-6-1)61(46-20-7-2-8-21-46,47-22-9-3-10-23-47)48-36-32-43(33-37-48)44-34-38-50(39-35-44)62(56-29-17-31-59-60(56)54-27-14-16-30-58(54)64-59)51-40-41-53-52-26-13-15-28-55(52)63(57(53)42-51)49-24-11-4-12-25-49/h1-16,19-42,45-46H,17-18,43-44H2;1-42H. The van der Waals surface area contributed by atoms with Gasteiger partial charge in [-0.3, -0.25) is 0 Å². The summed E-state index contributed by atoms with van der Waals surface area (Å²) >= 11 is 1.86. The molecule has 1 saturated carbocycles. The molecular formula is C127H92N4S. The zero-order chi connectivity index (χ0) is 87.5. The molecule has 1 spiro atoms. The summed E-state index contributed by atoms with van der Waals surface area (Å²) in [5, 5.41) is 7.53. The van der Waals surface area contributed by atoms with Gasteiger partial charge >= 0.3 is 0 Å². The Morgan fingerprint density at radius 1 is 0.220 bits per heavy atom. The maximum atomic E-state index is 2.53. The average Bonchev–Trinajstić information content (AvgIpc) is 1.36. The van der Waals surface area contributed by atoms with Crippen LogP contribution < -0.4 is 9.80 Å². The molecule has 0 saturated heterocycles. The summed E-state index contributed by atoms with van der Waals surface area (Å²) in [6.07, 6.45) is 4.91. The molecule has 626 valence electrons. The maximum absolute atomic E-state index is 2.53. The first-order valence-corrected chi connectivity index (χ1v) is 47.0. The van der Waals surface area contributed by atoms with Gasteiger partial charge in [0, 0.05) is 86.9 Å². The number of rotatable bonds is 18. The van der Waals surface area contributed by atoms with Crippen LogP contribution in [-0.4, -0.2) is 9.13 Å². The van der Waals surface area contributed by atoms with Crippen molar-refractivity contribution in [3.8, 4) is 44.8 Å². The number of anilines is 6. The van der Waals surface area contributed by atoms with Crippen molar-refractivity contribution in [1.82, 2.24) is 9.13 Å². The quantitative estimate of drug-likeness (QED) is 0.0796. The van der Waals surface area contributed by atoms with Crippen molar-refractivity contribution in [2.45, 2.75) is 41.9 Å². The van der Waals surface area contributed by atoms with Crippen LogP contribution in [0.1, 0.15) is 81.3 Å². The lowest BCUT2D eigenvalue weighted by molar-refractivity contribution is 0.550. The minimum Gasteiger partial charge on any atom is -0.310 e. The molecule has 0 amide bonds. The molecule has 25 rings (SSSR count). The van der Waals surface area contributed by atoms with Gasteiger partial charge in [-0.15, -0.1) is 11.3 Å². The van der Waals surface area contributed by atoms with E-state index in [1.807, 2.05) is 11.3 Å². The SMILES string of the molecule is c1ccc(-n2c3ccccc3c3ccc(N(c4ccc(-c5ccc(C(c6ccccc6)(c6ccccc6)c6ccccc6)cc5)cc4)c4ccc5c(c4)C4(CCCC4)c4ccccc4-5)cc32)cc1.c1ccc(-n2c3ccccc3c3ccc(N(c4ccc(-c5ccc(C(c6ccccc6)(c6ccccc6)c6ccccc6)cc5)cc4)c4cccc5sc6ccccc6c45)cc32)cc1. The van der Waals surface area contributed by atoms with Crippen LogP contribution in [-0.2, 0) is 16.2 Å². The number of fused-ring (bicyclic) bond motifs is 14. The third-order valence-corrected chi connectivity index (χ3v) is 29.4. The van der Waals surface area contributed by atoms with Gasteiger partial charge in [0.15, 0.2) is 0 Å². The number of para-hydroxylation sites is 4. The highest BCUT2D eigenvalue weighted by Gasteiger charge is 2.46. The maximum Gasteiger partial charge on any atom is 0.0701 e. The van der Waals surface area contributed by atoms with Crippen LogP contribution >= 0.6 is 11.3 Å². The van der Waals surface area contributed by atoms with Gasteiger partial charge in [-0.05, 0) is 217 Å². The summed E-state index contributed by atoms with van der Waals surface area (Å²) in [5.74, 6) is 0. The van der Waals surface area contributed by atoms with E-state index in [-0.39, 0.29) is 5.41 Å². The fourth-order valence-corrected chi connectivity index (χ4v) is 23.5. The van der Waals surface area contributed by atoms with Gasteiger partial charge in [0.25, 0.3) is 0 Å². The Labute approximate surface area is 774 Å². The van der Waals surface area contributed by atoms with E-state index in [0.29, 0.717) is 0 Å². The van der Waals surface area contributed by atoms with Crippen LogP contribution in [0.2, 0.25) is 0 Å². The predicted molar refractivity (Wildman–Crippen MR) is 556 cm³/mol. The second-order valence-electron chi connectivity index (χ2n) is 35.2. The molecule has 2 aliphatic rings. The molecular weight excluding hydrogens is 1610 g/mol. The molecule has 0 N–H and O–H groups in total. The molecule has 1 fully saturated rings.